The number of carbonyl (C=O) groups excluding carboxylic acids is 1. The monoisotopic (exact) mass is 369 g/mol. The summed E-state index contributed by atoms with van der Waals surface area (Å²) in [5.41, 5.74) is 1.47. The third-order valence-electron chi connectivity index (χ3n) is 3.86. The van der Waals surface area contributed by atoms with Crippen molar-refractivity contribution in [2.75, 3.05) is 18.4 Å². The Bertz CT molecular complexity index is 703. The highest BCUT2D eigenvalue weighted by molar-refractivity contribution is 7.15. The number of aromatic nitrogens is 1. The molecular formula is C17H21ClFN3OS. The predicted molar refractivity (Wildman–Crippen MR) is 97.5 cm³/mol. The van der Waals surface area contributed by atoms with Gasteiger partial charge in [0.2, 0.25) is 5.91 Å². The average Bonchev–Trinajstić information content (AvgIpc) is 3.26. The largest absolute Gasteiger partial charge is 0.308 e. The molecule has 0 unspecified atom stereocenters. The maximum absolute atomic E-state index is 13.7. The summed E-state index contributed by atoms with van der Waals surface area (Å²) in [7, 11) is 0. The van der Waals surface area contributed by atoms with E-state index in [0.29, 0.717) is 23.7 Å². The lowest BCUT2D eigenvalue weighted by atomic mass is 10.1. The van der Waals surface area contributed by atoms with E-state index in [9.17, 15) is 9.18 Å². The molecule has 3 rings (SSSR count). The van der Waals surface area contributed by atoms with Crippen LogP contribution in [0, 0.1) is 18.7 Å². The van der Waals surface area contributed by atoms with E-state index in [1.54, 1.807) is 12.1 Å². The summed E-state index contributed by atoms with van der Waals surface area (Å²) >= 11 is 1.41. The molecule has 4 nitrogen and oxygen atoms in total. The third kappa shape index (κ3) is 5.26. The zero-order chi connectivity index (χ0) is 16.2. The van der Waals surface area contributed by atoms with Crippen molar-refractivity contribution in [2.24, 2.45) is 5.92 Å². The first-order valence-corrected chi connectivity index (χ1v) is 8.63. The molecule has 130 valence electrons. The van der Waals surface area contributed by atoms with E-state index in [-0.39, 0.29) is 24.1 Å². The Balaban J connectivity index is 0.00000208. The molecule has 2 aromatic rings. The zero-order valence-corrected chi connectivity index (χ0v) is 15.1. The molecule has 1 aliphatic rings. The Morgan fingerprint density at radius 3 is 2.83 bits per heavy atom. The molecule has 1 aromatic heterocycles. The number of hydrogen-bond donors (Lipinski definition) is 2. The van der Waals surface area contributed by atoms with Crippen molar-refractivity contribution in [3.05, 3.63) is 46.2 Å². The number of rotatable bonds is 7. The van der Waals surface area contributed by atoms with Crippen molar-refractivity contribution in [1.82, 2.24) is 10.3 Å². The van der Waals surface area contributed by atoms with Crippen LogP contribution in [-0.2, 0) is 11.2 Å². The van der Waals surface area contributed by atoms with Gasteiger partial charge in [-0.2, -0.15) is 0 Å². The molecule has 1 aromatic carbocycles. The van der Waals surface area contributed by atoms with Gasteiger partial charge in [0.1, 0.15) is 5.82 Å². The number of hydrogen-bond acceptors (Lipinski definition) is 4. The zero-order valence-electron chi connectivity index (χ0n) is 13.5. The number of aryl methyl sites for hydroxylation is 1. The molecule has 1 aliphatic carbocycles. The van der Waals surface area contributed by atoms with Gasteiger partial charge in [-0.05, 0) is 43.9 Å². The second-order valence-electron chi connectivity index (χ2n) is 5.92. The lowest BCUT2D eigenvalue weighted by Gasteiger charge is -2.03. The lowest BCUT2D eigenvalue weighted by Crippen LogP contribution is -2.29. The molecule has 0 spiro atoms. The van der Waals surface area contributed by atoms with Gasteiger partial charge in [0.15, 0.2) is 5.13 Å². The summed E-state index contributed by atoms with van der Waals surface area (Å²) in [6.07, 6.45) is 3.02. The van der Waals surface area contributed by atoms with Crippen molar-refractivity contribution in [3.63, 3.8) is 0 Å². The van der Waals surface area contributed by atoms with Crippen molar-refractivity contribution in [2.45, 2.75) is 26.2 Å². The smallest absolute Gasteiger partial charge is 0.240 e. The summed E-state index contributed by atoms with van der Waals surface area (Å²) in [6.45, 7) is 3.09. The number of anilines is 1. The highest BCUT2D eigenvalue weighted by Crippen LogP contribution is 2.27. The number of benzene rings is 1. The van der Waals surface area contributed by atoms with E-state index < -0.39 is 0 Å². The summed E-state index contributed by atoms with van der Waals surface area (Å²) in [5, 5.41) is 6.54. The molecule has 2 N–H and O–H groups in total. The van der Waals surface area contributed by atoms with Crippen LogP contribution in [0.4, 0.5) is 9.52 Å². The van der Waals surface area contributed by atoms with E-state index in [2.05, 4.69) is 15.6 Å². The highest BCUT2D eigenvalue weighted by Gasteiger charge is 2.20. The van der Waals surface area contributed by atoms with Crippen molar-refractivity contribution < 1.29 is 9.18 Å². The third-order valence-corrected chi connectivity index (χ3v) is 4.94. The summed E-state index contributed by atoms with van der Waals surface area (Å²) < 4.78 is 13.7. The fourth-order valence-electron chi connectivity index (χ4n) is 2.34. The molecular weight excluding hydrogens is 349 g/mol. The molecule has 7 heteroatoms. The molecule has 1 amide bonds. The van der Waals surface area contributed by atoms with Gasteiger partial charge in [0, 0.05) is 11.3 Å². The Kier molecular flexibility index (Phi) is 6.71. The van der Waals surface area contributed by atoms with Crippen LogP contribution in [0.15, 0.2) is 24.3 Å². The SMILES string of the molecule is Cc1nc(NC(=O)CNCC2CC2)sc1Cc1ccccc1F.Cl. The minimum atomic E-state index is -0.213. The van der Waals surface area contributed by atoms with Crippen LogP contribution in [0.3, 0.4) is 0 Å². The molecule has 0 aliphatic heterocycles. The van der Waals surface area contributed by atoms with Crippen molar-refractivity contribution >= 4 is 34.8 Å². The fourth-order valence-corrected chi connectivity index (χ4v) is 3.34. The van der Waals surface area contributed by atoms with Gasteiger partial charge in [0.05, 0.1) is 12.2 Å². The molecule has 1 fully saturated rings. The Morgan fingerprint density at radius 2 is 2.12 bits per heavy atom. The Hall–Kier alpha value is -1.50. The second kappa shape index (κ2) is 8.55. The normalized spacial score (nSPS) is 13.4. The number of carbonyl (C=O) groups is 1. The molecule has 1 saturated carbocycles. The Labute approximate surface area is 151 Å². The van der Waals surface area contributed by atoms with Gasteiger partial charge < -0.3 is 10.6 Å². The van der Waals surface area contributed by atoms with E-state index in [0.717, 1.165) is 23.0 Å². The van der Waals surface area contributed by atoms with Crippen LogP contribution in [0.2, 0.25) is 0 Å². The molecule has 24 heavy (non-hydrogen) atoms. The summed E-state index contributed by atoms with van der Waals surface area (Å²) in [4.78, 5) is 17.2. The number of nitrogens with zero attached hydrogens (tertiary/aromatic N) is 1. The minimum absolute atomic E-state index is 0. The molecule has 1 heterocycles. The maximum atomic E-state index is 13.7. The van der Waals surface area contributed by atoms with E-state index in [4.69, 9.17) is 0 Å². The van der Waals surface area contributed by atoms with Gasteiger partial charge in [-0.1, -0.05) is 18.2 Å². The lowest BCUT2D eigenvalue weighted by molar-refractivity contribution is -0.115. The van der Waals surface area contributed by atoms with Crippen LogP contribution in [-0.4, -0.2) is 24.0 Å². The van der Waals surface area contributed by atoms with Crippen molar-refractivity contribution in [3.8, 4) is 0 Å². The minimum Gasteiger partial charge on any atom is -0.308 e. The van der Waals surface area contributed by atoms with E-state index in [1.807, 2.05) is 13.0 Å². The van der Waals surface area contributed by atoms with Gasteiger partial charge in [-0.15, -0.1) is 23.7 Å². The number of amides is 1. The quantitative estimate of drug-likeness (QED) is 0.784. The fraction of sp³-hybridized carbons (Fsp3) is 0.412. The van der Waals surface area contributed by atoms with E-state index >= 15 is 0 Å². The predicted octanol–water partition coefficient (Wildman–Crippen LogP) is 3.54. The molecule has 0 radical (unpaired) electrons. The molecule has 0 bridgehead atoms. The number of nitrogens with one attached hydrogen (secondary N) is 2. The first-order chi connectivity index (χ1) is 11.1. The van der Waals surface area contributed by atoms with Crippen LogP contribution in [0.5, 0.6) is 0 Å². The first kappa shape index (κ1) is 18.8. The van der Waals surface area contributed by atoms with Gasteiger partial charge in [0.25, 0.3) is 0 Å². The van der Waals surface area contributed by atoms with E-state index in [1.165, 1.54) is 30.2 Å². The van der Waals surface area contributed by atoms with Crippen LogP contribution >= 0.6 is 23.7 Å². The first-order valence-electron chi connectivity index (χ1n) is 7.82. The Morgan fingerprint density at radius 1 is 1.38 bits per heavy atom. The average molecular weight is 370 g/mol. The maximum Gasteiger partial charge on any atom is 0.240 e. The summed E-state index contributed by atoms with van der Waals surface area (Å²) in [5.74, 6) is 0.448. The van der Waals surface area contributed by atoms with Crippen LogP contribution in [0.1, 0.15) is 29.0 Å². The van der Waals surface area contributed by atoms with Crippen LogP contribution in [0.25, 0.3) is 0 Å². The summed E-state index contributed by atoms with van der Waals surface area (Å²) in [6, 6.07) is 6.73. The topological polar surface area (TPSA) is 54.0 Å². The number of thiazole rings is 1. The second-order valence-corrected chi connectivity index (χ2v) is 7.00. The standard InChI is InChI=1S/C17H20FN3OS.ClH/c1-11-15(8-13-4-2-3-5-14(13)18)23-17(20-11)21-16(22)10-19-9-12-6-7-12;/h2-5,12,19H,6-10H2,1H3,(H,20,21,22);1H. The molecule has 0 atom stereocenters. The van der Waals surface area contributed by atoms with Gasteiger partial charge >= 0.3 is 0 Å². The highest BCUT2D eigenvalue weighted by atomic mass is 35.5. The van der Waals surface area contributed by atoms with Crippen molar-refractivity contribution in [1.29, 1.82) is 0 Å². The number of halogens is 2. The van der Waals surface area contributed by atoms with Gasteiger partial charge in [-0.3, -0.25) is 4.79 Å². The van der Waals surface area contributed by atoms with Gasteiger partial charge in [-0.25, -0.2) is 9.37 Å². The molecule has 0 saturated heterocycles. The van der Waals surface area contributed by atoms with Crippen LogP contribution < -0.4 is 10.6 Å².